The Morgan fingerprint density at radius 3 is 2.44 bits per heavy atom. The summed E-state index contributed by atoms with van der Waals surface area (Å²) in [6.45, 7) is 4.86. The van der Waals surface area contributed by atoms with E-state index >= 15 is 0 Å². The smallest absolute Gasteiger partial charge is 0.338 e. The van der Waals surface area contributed by atoms with E-state index in [-0.39, 0.29) is 22.4 Å². The number of fused-ring (bicyclic) bond motifs is 1. The van der Waals surface area contributed by atoms with Gasteiger partial charge in [-0.1, -0.05) is 0 Å². The van der Waals surface area contributed by atoms with Gasteiger partial charge in [0.15, 0.2) is 6.10 Å². The molecule has 0 aliphatic carbocycles. The quantitative estimate of drug-likeness (QED) is 0.523. The number of carbonyl (C=O) groups excluding carboxylic acids is 3. The molecule has 0 fully saturated rings. The summed E-state index contributed by atoms with van der Waals surface area (Å²) >= 11 is 1.37. The van der Waals surface area contributed by atoms with E-state index in [1.54, 1.807) is 26.0 Å². The van der Waals surface area contributed by atoms with Crippen molar-refractivity contribution < 1.29 is 27.5 Å². The molecule has 1 atom stereocenters. The highest BCUT2D eigenvalue weighted by atomic mass is 32.2. The minimum atomic E-state index is -3.64. The van der Waals surface area contributed by atoms with Crippen LogP contribution in [-0.2, 0) is 24.3 Å². The second-order valence-corrected chi connectivity index (χ2v) is 10.1. The van der Waals surface area contributed by atoms with Gasteiger partial charge in [0.2, 0.25) is 15.9 Å². The lowest BCUT2D eigenvalue weighted by atomic mass is 10.2. The van der Waals surface area contributed by atoms with Crippen molar-refractivity contribution in [1.29, 1.82) is 0 Å². The Balaban J connectivity index is 1.61. The summed E-state index contributed by atoms with van der Waals surface area (Å²) < 4.78 is 32.0. The van der Waals surface area contributed by atoms with Crippen LogP contribution in [-0.4, -0.2) is 44.1 Å². The molecule has 1 aliphatic rings. The number of anilines is 2. The number of nitrogens with one attached hydrogen (secondary N) is 3. The number of hydrogen-bond donors (Lipinski definition) is 3. The summed E-state index contributed by atoms with van der Waals surface area (Å²) in [5.41, 5.74) is 1.09. The Morgan fingerprint density at radius 1 is 1.09 bits per heavy atom. The fourth-order valence-electron chi connectivity index (χ4n) is 2.83. The third kappa shape index (κ3) is 5.87. The molecule has 0 saturated heterocycles. The maximum atomic E-state index is 12.4. The molecule has 0 radical (unpaired) electrons. The van der Waals surface area contributed by atoms with Gasteiger partial charge in [0.25, 0.3) is 5.91 Å². The van der Waals surface area contributed by atoms with Crippen molar-refractivity contribution in [2.45, 2.75) is 42.7 Å². The van der Waals surface area contributed by atoms with E-state index in [1.807, 2.05) is 0 Å². The molecule has 3 rings (SSSR count). The van der Waals surface area contributed by atoms with E-state index in [2.05, 4.69) is 15.4 Å². The first-order chi connectivity index (χ1) is 15.0. The lowest BCUT2D eigenvalue weighted by Gasteiger charge is -2.18. The van der Waals surface area contributed by atoms with Crippen LogP contribution in [0, 0.1) is 0 Å². The zero-order valence-corrected chi connectivity index (χ0v) is 19.3. The number of thioether (sulfide) groups is 1. The number of benzene rings is 2. The lowest BCUT2D eigenvalue weighted by molar-refractivity contribution is -0.123. The van der Waals surface area contributed by atoms with E-state index in [0.29, 0.717) is 17.1 Å². The van der Waals surface area contributed by atoms with Gasteiger partial charge >= 0.3 is 5.97 Å². The van der Waals surface area contributed by atoms with Gasteiger partial charge in [-0.15, -0.1) is 11.8 Å². The molecule has 0 bridgehead atoms. The van der Waals surface area contributed by atoms with Gasteiger partial charge in [0.05, 0.1) is 21.9 Å². The van der Waals surface area contributed by atoms with Gasteiger partial charge in [-0.2, -0.15) is 0 Å². The molecule has 170 valence electrons. The van der Waals surface area contributed by atoms with E-state index in [4.69, 9.17) is 4.74 Å². The second-order valence-electron chi connectivity index (χ2n) is 7.38. The fourth-order valence-corrected chi connectivity index (χ4v) is 4.87. The summed E-state index contributed by atoms with van der Waals surface area (Å²) in [5, 5.41) is 5.28. The summed E-state index contributed by atoms with van der Waals surface area (Å²) in [5.74, 6) is -1.12. The molecule has 3 N–H and O–H groups in total. The largest absolute Gasteiger partial charge is 0.449 e. The predicted octanol–water partition coefficient (Wildman–Crippen LogP) is 2.60. The molecule has 0 saturated carbocycles. The molecule has 0 unspecified atom stereocenters. The minimum Gasteiger partial charge on any atom is -0.449 e. The van der Waals surface area contributed by atoms with Crippen molar-refractivity contribution in [2.24, 2.45) is 0 Å². The minimum absolute atomic E-state index is 0.0707. The van der Waals surface area contributed by atoms with Crippen molar-refractivity contribution in [3.8, 4) is 0 Å². The van der Waals surface area contributed by atoms with Crippen LogP contribution in [0.2, 0.25) is 0 Å². The molecule has 2 aromatic carbocycles. The van der Waals surface area contributed by atoms with Gasteiger partial charge < -0.3 is 15.4 Å². The molecule has 32 heavy (non-hydrogen) atoms. The third-order valence-corrected chi connectivity index (χ3v) is 7.07. The zero-order valence-electron chi connectivity index (χ0n) is 17.7. The molecule has 2 aromatic rings. The first-order valence-corrected chi connectivity index (χ1v) is 12.2. The maximum Gasteiger partial charge on any atom is 0.338 e. The van der Waals surface area contributed by atoms with Crippen molar-refractivity contribution >= 4 is 50.9 Å². The van der Waals surface area contributed by atoms with Gasteiger partial charge in [-0.25, -0.2) is 17.9 Å². The van der Waals surface area contributed by atoms with Crippen molar-refractivity contribution in [3.05, 3.63) is 48.0 Å². The van der Waals surface area contributed by atoms with Crippen LogP contribution in [0.3, 0.4) is 0 Å². The van der Waals surface area contributed by atoms with Crippen LogP contribution in [0.25, 0.3) is 0 Å². The summed E-state index contributed by atoms with van der Waals surface area (Å²) in [6, 6.07) is 10.2. The van der Waals surface area contributed by atoms with Gasteiger partial charge in [0.1, 0.15) is 0 Å². The van der Waals surface area contributed by atoms with Gasteiger partial charge in [-0.05, 0) is 63.2 Å². The molecule has 0 aromatic heterocycles. The molecule has 1 heterocycles. The highest BCUT2D eigenvalue weighted by Crippen LogP contribution is 2.32. The molecule has 2 amide bonds. The van der Waals surface area contributed by atoms with Crippen LogP contribution in [0.5, 0.6) is 0 Å². The molecule has 11 heteroatoms. The predicted molar refractivity (Wildman–Crippen MR) is 121 cm³/mol. The second kappa shape index (κ2) is 9.72. The summed E-state index contributed by atoms with van der Waals surface area (Å²) in [7, 11) is -3.64. The first-order valence-electron chi connectivity index (χ1n) is 9.76. The SMILES string of the molecule is CC(C)NS(=O)(=O)c1ccc(NC(=O)[C@@H](C)OC(=O)c2ccc3c(c2)NC(=O)CS3)cc1. The van der Waals surface area contributed by atoms with E-state index in [9.17, 15) is 22.8 Å². The highest BCUT2D eigenvalue weighted by molar-refractivity contribution is 8.00. The molecule has 9 nitrogen and oxygen atoms in total. The summed E-state index contributed by atoms with van der Waals surface area (Å²) in [4.78, 5) is 37.3. The normalized spacial score (nSPS) is 14.3. The first kappa shape index (κ1) is 23.8. The Hall–Kier alpha value is -2.89. The van der Waals surface area contributed by atoms with Crippen LogP contribution >= 0.6 is 11.8 Å². The van der Waals surface area contributed by atoms with Gasteiger partial charge in [0, 0.05) is 16.6 Å². The third-order valence-electron chi connectivity index (χ3n) is 4.32. The number of sulfonamides is 1. The van der Waals surface area contributed by atoms with Crippen LogP contribution in [0.15, 0.2) is 52.3 Å². The molecule has 1 aliphatic heterocycles. The fraction of sp³-hybridized carbons (Fsp3) is 0.286. The molecular weight excluding hydrogens is 454 g/mol. The van der Waals surface area contributed by atoms with Crippen molar-refractivity contribution in [1.82, 2.24) is 4.72 Å². The van der Waals surface area contributed by atoms with Crippen LogP contribution < -0.4 is 15.4 Å². The Labute approximate surface area is 190 Å². The van der Waals surface area contributed by atoms with E-state index in [0.717, 1.165) is 4.90 Å². The molecule has 0 spiro atoms. The number of carbonyl (C=O) groups is 3. The number of rotatable bonds is 7. The summed E-state index contributed by atoms with van der Waals surface area (Å²) in [6.07, 6.45) is -1.10. The zero-order chi connectivity index (χ0) is 23.5. The lowest BCUT2D eigenvalue weighted by Crippen LogP contribution is -2.31. The average Bonchev–Trinajstić information content (AvgIpc) is 2.72. The maximum absolute atomic E-state index is 12.4. The van der Waals surface area contributed by atoms with Crippen LogP contribution in [0.4, 0.5) is 11.4 Å². The Morgan fingerprint density at radius 2 is 1.78 bits per heavy atom. The van der Waals surface area contributed by atoms with Crippen molar-refractivity contribution in [3.63, 3.8) is 0 Å². The number of amides is 2. The van der Waals surface area contributed by atoms with Crippen LogP contribution in [0.1, 0.15) is 31.1 Å². The average molecular weight is 478 g/mol. The number of ether oxygens (including phenoxy) is 1. The Bertz CT molecular complexity index is 1150. The van der Waals surface area contributed by atoms with E-state index < -0.39 is 28.0 Å². The molecular formula is C21H23N3O6S2. The Kier molecular flexibility index (Phi) is 7.22. The topological polar surface area (TPSA) is 131 Å². The highest BCUT2D eigenvalue weighted by Gasteiger charge is 2.22. The number of esters is 1. The standard InChI is InChI=1S/C21H23N3O6S2/c1-12(2)24-32(28,29)16-7-5-15(6-8-16)22-20(26)13(3)30-21(27)14-4-9-18-17(10-14)23-19(25)11-31-18/h4-10,12-13,24H,11H2,1-3H3,(H,22,26)(H,23,25)/t13-/m1/s1. The van der Waals surface area contributed by atoms with Gasteiger partial charge in [-0.3, -0.25) is 9.59 Å². The van der Waals surface area contributed by atoms with E-state index in [1.165, 1.54) is 49.0 Å². The van der Waals surface area contributed by atoms with Crippen molar-refractivity contribution in [2.75, 3.05) is 16.4 Å². The monoisotopic (exact) mass is 477 g/mol. The number of hydrogen-bond acceptors (Lipinski definition) is 7.